The smallest absolute Gasteiger partial charge is 0.327 e. The van der Waals surface area contributed by atoms with E-state index in [1.165, 1.54) is 46.2 Å². The molecule has 0 aliphatic rings. The molecule has 0 unspecified atom stereocenters. The predicted molar refractivity (Wildman–Crippen MR) is 269 cm³/mol. The quantitative estimate of drug-likeness (QED) is 0.0204. The Morgan fingerprint density at radius 1 is 0.632 bits per heavy atom. The van der Waals surface area contributed by atoms with Crippen LogP contribution in [0.1, 0.15) is 44.1 Å². The number of Topliss-reactive ketones (excluding diaryl/α,β-unsaturated/α-hetero) is 3. The predicted octanol–water partition coefficient (Wildman–Crippen LogP) is -1.69. The van der Waals surface area contributed by atoms with Crippen molar-refractivity contribution in [1.82, 2.24) is 20.4 Å². The maximum absolute atomic E-state index is 13.3. The Kier molecular flexibility index (Phi) is 29.1. The lowest BCUT2D eigenvalue weighted by Crippen LogP contribution is -2.47. The van der Waals surface area contributed by atoms with Crippen LogP contribution in [-0.2, 0) is 88.7 Å². The number of nitrogens with zero attached hydrogens (tertiary/aromatic N) is 2. The van der Waals surface area contributed by atoms with E-state index in [1.54, 1.807) is 0 Å². The van der Waals surface area contributed by atoms with Gasteiger partial charge in [-0.05, 0) is 48.4 Å². The second-order valence-corrected chi connectivity index (χ2v) is 22.2. The molecule has 32 heteroatoms. The van der Waals surface area contributed by atoms with E-state index in [-0.39, 0.29) is 98.7 Å². The molecule has 3 atom stereocenters. The minimum Gasteiger partial charge on any atom is -0.481 e. The van der Waals surface area contributed by atoms with E-state index in [0.717, 1.165) is 33.7 Å². The Morgan fingerprint density at radius 2 is 1.21 bits per heavy atom. The molecule has 76 heavy (non-hydrogen) atoms. The summed E-state index contributed by atoms with van der Waals surface area (Å²) in [7, 11) is -5.90. The lowest BCUT2D eigenvalue weighted by Gasteiger charge is -2.26. The standard InChI is InChI=1S/C44H59N7O21S4/c45-75(67,68)33-7-3-28(4-8-33)18-32(54)23-50(12-13-51(25-42(62)63)24-39(57)47-30-5-9-34(10-6-30)76(46,69)70)22-31(53)2-1-14-71-15-11-38(56)48-35(21-41(60)61)37(55)19-29(20-40(58)59)43(64)49-36(44(65)66)26-74-73-17-16-72-27-52/h3-10,27,29,35-36H,1-2,11-26H2,(H,47,57)(H,48,56)(H,49,64)(H,58,59)(H,60,61)(H,62,63)(H,65,66)(H2,45,67,68)(H2,46,69,70)/t29-,35-,36-/m0/s1. The molecular formula is C44H59N7O21S4. The maximum Gasteiger partial charge on any atom is 0.327 e. The highest BCUT2D eigenvalue weighted by atomic mass is 33.1. The molecule has 0 heterocycles. The average molecular weight is 1150 g/mol. The number of ether oxygens (including phenoxy) is 2. The number of carboxylic acid groups (broad SMARTS) is 4. The van der Waals surface area contributed by atoms with Gasteiger partial charge in [-0.15, -0.1) is 0 Å². The number of primary sulfonamides is 2. The lowest BCUT2D eigenvalue weighted by atomic mass is 9.93. The Hall–Kier alpha value is -6.39. The largest absolute Gasteiger partial charge is 0.481 e. The summed E-state index contributed by atoms with van der Waals surface area (Å²) in [6.07, 6.45) is -3.45. The number of rotatable bonds is 41. The second-order valence-electron chi connectivity index (χ2n) is 16.5. The van der Waals surface area contributed by atoms with Crippen LogP contribution in [0.25, 0.3) is 0 Å². The second kappa shape index (κ2) is 33.6. The van der Waals surface area contributed by atoms with E-state index in [1.807, 2.05) is 0 Å². The van der Waals surface area contributed by atoms with Crippen LogP contribution in [0.15, 0.2) is 58.3 Å². The molecular weight excluding hydrogens is 1090 g/mol. The Labute approximate surface area is 443 Å². The maximum atomic E-state index is 13.3. The summed E-state index contributed by atoms with van der Waals surface area (Å²) in [5.41, 5.74) is 0.592. The number of aliphatic carboxylic acids is 4. The van der Waals surface area contributed by atoms with E-state index in [4.69, 9.17) is 15.0 Å². The van der Waals surface area contributed by atoms with Crippen LogP contribution in [0.5, 0.6) is 0 Å². The summed E-state index contributed by atoms with van der Waals surface area (Å²) < 4.78 is 56.5. The van der Waals surface area contributed by atoms with E-state index in [2.05, 4.69) is 20.7 Å². The molecule has 2 rings (SSSR count). The highest BCUT2D eigenvalue weighted by Crippen LogP contribution is 2.22. The summed E-state index contributed by atoms with van der Waals surface area (Å²) in [4.78, 5) is 138. The van der Waals surface area contributed by atoms with Crippen LogP contribution >= 0.6 is 21.6 Å². The topological polar surface area (TPSA) is 450 Å². The first-order chi connectivity index (χ1) is 35.7. The number of nitrogens with two attached hydrogens (primary N) is 2. The van der Waals surface area contributed by atoms with Gasteiger partial charge in [0, 0.05) is 62.6 Å². The highest BCUT2D eigenvalue weighted by molar-refractivity contribution is 8.76. The first-order valence-electron chi connectivity index (χ1n) is 22.6. The molecule has 11 N–H and O–H groups in total. The number of carbonyl (C=O) groups excluding carboxylic acids is 7. The zero-order chi connectivity index (χ0) is 57.0. The van der Waals surface area contributed by atoms with Crippen LogP contribution in [0.3, 0.4) is 0 Å². The summed E-state index contributed by atoms with van der Waals surface area (Å²) >= 11 is 0. The number of nitrogens with one attached hydrogen (secondary N) is 3. The molecule has 28 nitrogen and oxygen atoms in total. The van der Waals surface area contributed by atoms with E-state index >= 15 is 0 Å². The SMILES string of the molecule is NS(=O)(=O)c1ccc(CC(=O)CN(CCN(CC(=O)O)CC(=O)Nc2ccc(S(N)(=O)=O)cc2)CC(=O)CCCOCCC(=O)N[C@@H](CC(=O)O)C(=O)C[C@@H](CC(=O)O)C(=O)N[C@@H](CSSCCOC=O)C(=O)O)cc1. The van der Waals surface area contributed by atoms with Crippen molar-refractivity contribution in [3.05, 3.63) is 54.1 Å². The Balaban J connectivity index is 2.04. The van der Waals surface area contributed by atoms with Crippen molar-refractivity contribution < 1.29 is 99.5 Å². The lowest BCUT2D eigenvalue weighted by molar-refractivity contribution is -0.145. The number of carboxylic acids is 4. The van der Waals surface area contributed by atoms with Crippen LogP contribution in [0.4, 0.5) is 5.69 Å². The van der Waals surface area contributed by atoms with Gasteiger partial charge in [-0.1, -0.05) is 33.7 Å². The minimum atomic E-state index is -4.02. The van der Waals surface area contributed by atoms with Crippen molar-refractivity contribution in [2.75, 3.05) is 75.9 Å². The molecule has 2 aromatic carbocycles. The summed E-state index contributed by atoms with van der Waals surface area (Å²) in [5, 5.41) is 55.2. The third-order valence-electron chi connectivity index (χ3n) is 10.2. The Morgan fingerprint density at radius 3 is 1.76 bits per heavy atom. The van der Waals surface area contributed by atoms with Crippen LogP contribution in [0.2, 0.25) is 0 Å². The summed E-state index contributed by atoms with van der Waals surface area (Å²) in [6.45, 7) is -2.17. The van der Waals surface area contributed by atoms with Crippen LogP contribution in [0, 0.1) is 5.92 Å². The molecule has 0 spiro atoms. The third-order valence-corrected chi connectivity index (χ3v) is 14.5. The van der Waals surface area contributed by atoms with E-state index < -0.39 is 136 Å². The zero-order valence-corrected chi connectivity index (χ0v) is 43.8. The molecule has 0 radical (unpaired) electrons. The normalized spacial score (nSPS) is 12.7. The van der Waals surface area contributed by atoms with Gasteiger partial charge in [0.15, 0.2) is 11.6 Å². The number of hydrogen-bond donors (Lipinski definition) is 9. The number of sulfonamides is 2. The highest BCUT2D eigenvalue weighted by Gasteiger charge is 2.33. The van der Waals surface area contributed by atoms with Gasteiger partial charge in [0.2, 0.25) is 37.8 Å². The van der Waals surface area contributed by atoms with Crippen molar-refractivity contribution in [2.24, 2.45) is 16.2 Å². The van der Waals surface area contributed by atoms with Crippen LogP contribution < -0.4 is 26.2 Å². The molecule has 0 aliphatic heterocycles. The molecule has 420 valence electrons. The monoisotopic (exact) mass is 1150 g/mol. The molecule has 0 fully saturated rings. The van der Waals surface area contributed by atoms with Gasteiger partial charge in [-0.2, -0.15) is 0 Å². The number of amides is 3. The number of carbonyl (C=O) groups is 11. The fourth-order valence-electron chi connectivity index (χ4n) is 6.64. The van der Waals surface area contributed by atoms with Crippen molar-refractivity contribution in [3.8, 4) is 0 Å². The number of benzene rings is 2. The van der Waals surface area contributed by atoms with Gasteiger partial charge in [-0.25, -0.2) is 31.9 Å². The van der Waals surface area contributed by atoms with Gasteiger partial charge in [0.1, 0.15) is 18.4 Å². The van der Waals surface area contributed by atoms with E-state index in [0.29, 0.717) is 5.56 Å². The minimum absolute atomic E-state index is 0.0361. The fourth-order valence-corrected chi connectivity index (χ4v) is 9.67. The molecule has 0 aromatic heterocycles. The molecule has 2 aromatic rings. The van der Waals surface area contributed by atoms with Gasteiger partial charge < -0.3 is 45.9 Å². The first kappa shape index (κ1) is 65.7. The summed E-state index contributed by atoms with van der Waals surface area (Å²) in [6, 6.07) is 6.78. The van der Waals surface area contributed by atoms with E-state index in [9.17, 15) is 90.0 Å². The van der Waals surface area contributed by atoms with Crippen LogP contribution in [-0.4, -0.2) is 195 Å². The van der Waals surface area contributed by atoms with Crippen molar-refractivity contribution in [2.45, 2.75) is 66.8 Å². The Bertz CT molecular complexity index is 2590. The summed E-state index contributed by atoms with van der Waals surface area (Å²) in [5.74, 6) is -12.0. The van der Waals surface area contributed by atoms with Crippen molar-refractivity contribution >= 4 is 113 Å². The average Bonchev–Trinajstić information content (AvgIpc) is 3.31. The first-order valence-corrected chi connectivity index (χ1v) is 28.1. The third kappa shape index (κ3) is 27.9. The van der Waals surface area contributed by atoms with Gasteiger partial charge in [-0.3, -0.25) is 57.7 Å². The van der Waals surface area contributed by atoms with Gasteiger partial charge in [0.25, 0.3) is 6.47 Å². The number of hydrogen-bond acceptors (Lipinski definition) is 21. The number of anilines is 1. The van der Waals surface area contributed by atoms with Crippen molar-refractivity contribution in [1.29, 1.82) is 0 Å². The number of ketones is 3. The zero-order valence-electron chi connectivity index (χ0n) is 40.6. The molecule has 0 saturated heterocycles. The molecule has 0 saturated carbocycles. The van der Waals surface area contributed by atoms with Gasteiger partial charge in [0.05, 0.1) is 67.4 Å². The van der Waals surface area contributed by atoms with Gasteiger partial charge >= 0.3 is 23.9 Å². The molecule has 3 amide bonds. The molecule has 0 bridgehead atoms. The fraction of sp³-hybridized carbons (Fsp3) is 0.477. The molecule has 0 aliphatic carbocycles. The van der Waals surface area contributed by atoms with Crippen molar-refractivity contribution in [3.63, 3.8) is 0 Å².